The van der Waals surface area contributed by atoms with E-state index in [1.807, 2.05) is 0 Å². The molecule has 9 nitrogen and oxygen atoms in total. The van der Waals surface area contributed by atoms with Gasteiger partial charge in [-0.2, -0.15) is 5.21 Å². The molecule has 0 aliphatic heterocycles. The Kier molecular flexibility index (Phi) is 4.11. The molecular formula is C10H9ClN6O3. The first-order valence-electron chi connectivity index (χ1n) is 5.36. The number of hydrogen-bond acceptors (Lipinski definition) is 5. The summed E-state index contributed by atoms with van der Waals surface area (Å²) in [5.74, 6) is -0.853. The first-order chi connectivity index (χ1) is 9.56. The summed E-state index contributed by atoms with van der Waals surface area (Å²) < 4.78 is 0. The lowest BCUT2D eigenvalue weighted by Crippen LogP contribution is -2.28. The molecule has 0 unspecified atom stereocenters. The Morgan fingerprint density at radius 1 is 1.40 bits per heavy atom. The van der Waals surface area contributed by atoms with Crippen LogP contribution in [-0.2, 0) is 6.54 Å². The van der Waals surface area contributed by atoms with Crippen LogP contribution in [0.15, 0.2) is 18.2 Å². The van der Waals surface area contributed by atoms with E-state index >= 15 is 0 Å². The normalized spacial score (nSPS) is 10.1. The highest BCUT2D eigenvalue weighted by molar-refractivity contribution is 6.33. The van der Waals surface area contributed by atoms with Crippen LogP contribution >= 0.6 is 11.6 Å². The van der Waals surface area contributed by atoms with Crippen LogP contribution in [0.25, 0.3) is 0 Å². The fourth-order valence-electron chi connectivity index (χ4n) is 1.36. The van der Waals surface area contributed by atoms with Crippen molar-refractivity contribution in [2.75, 3.05) is 5.32 Å². The number of tetrazole rings is 1. The highest BCUT2D eigenvalue weighted by Crippen LogP contribution is 2.20. The fourth-order valence-corrected chi connectivity index (χ4v) is 1.56. The number of anilines is 1. The topological polar surface area (TPSA) is 133 Å². The van der Waals surface area contributed by atoms with Gasteiger partial charge in [0.05, 0.1) is 17.1 Å². The zero-order valence-corrected chi connectivity index (χ0v) is 10.7. The molecule has 2 aromatic rings. The van der Waals surface area contributed by atoms with Crippen LogP contribution in [0.4, 0.5) is 10.5 Å². The number of carbonyl (C=O) groups excluding carboxylic acids is 1. The van der Waals surface area contributed by atoms with Crippen molar-refractivity contribution in [2.24, 2.45) is 0 Å². The summed E-state index contributed by atoms with van der Waals surface area (Å²) in [5.41, 5.74) is 0.208. The maximum atomic E-state index is 11.6. The first-order valence-corrected chi connectivity index (χ1v) is 5.74. The van der Waals surface area contributed by atoms with E-state index in [4.69, 9.17) is 16.7 Å². The number of benzene rings is 1. The minimum absolute atomic E-state index is 0.0850. The SMILES string of the molecule is O=C(NCc1nn[nH]n1)Nc1ccc(Cl)c(C(=O)O)c1. The van der Waals surface area contributed by atoms with Crippen molar-refractivity contribution in [3.63, 3.8) is 0 Å². The number of aromatic nitrogens is 4. The lowest BCUT2D eigenvalue weighted by molar-refractivity contribution is 0.0697. The Morgan fingerprint density at radius 2 is 2.20 bits per heavy atom. The van der Waals surface area contributed by atoms with Crippen LogP contribution < -0.4 is 10.6 Å². The molecule has 2 rings (SSSR count). The van der Waals surface area contributed by atoms with E-state index in [-0.39, 0.29) is 17.1 Å². The van der Waals surface area contributed by atoms with E-state index in [1.54, 1.807) is 0 Å². The Bertz CT molecular complexity index is 630. The lowest BCUT2D eigenvalue weighted by Gasteiger charge is -2.07. The largest absolute Gasteiger partial charge is 0.478 e. The highest BCUT2D eigenvalue weighted by atomic mass is 35.5. The smallest absolute Gasteiger partial charge is 0.337 e. The van der Waals surface area contributed by atoms with Crippen molar-refractivity contribution < 1.29 is 14.7 Å². The molecule has 1 heterocycles. The number of halogens is 1. The number of carboxylic acids is 1. The second-order valence-corrected chi connectivity index (χ2v) is 4.04. The van der Waals surface area contributed by atoms with Gasteiger partial charge >= 0.3 is 12.0 Å². The average Bonchev–Trinajstić information content (AvgIpc) is 2.91. The molecule has 10 heteroatoms. The van der Waals surface area contributed by atoms with Crippen molar-refractivity contribution in [1.29, 1.82) is 0 Å². The number of hydrogen-bond donors (Lipinski definition) is 4. The van der Waals surface area contributed by atoms with Gasteiger partial charge in [-0.25, -0.2) is 9.59 Å². The molecular weight excluding hydrogens is 288 g/mol. The molecule has 1 aromatic carbocycles. The van der Waals surface area contributed by atoms with E-state index in [0.717, 1.165) is 0 Å². The minimum Gasteiger partial charge on any atom is -0.478 e. The molecule has 0 radical (unpaired) electrons. The van der Waals surface area contributed by atoms with Crippen molar-refractivity contribution in [1.82, 2.24) is 25.9 Å². The van der Waals surface area contributed by atoms with E-state index in [0.29, 0.717) is 11.5 Å². The molecule has 4 N–H and O–H groups in total. The average molecular weight is 297 g/mol. The Balaban J connectivity index is 1.97. The van der Waals surface area contributed by atoms with Crippen LogP contribution in [0.2, 0.25) is 5.02 Å². The number of amides is 2. The number of carboxylic acid groups (broad SMARTS) is 1. The van der Waals surface area contributed by atoms with Crippen molar-refractivity contribution in [2.45, 2.75) is 6.54 Å². The molecule has 1 aromatic heterocycles. The third kappa shape index (κ3) is 3.42. The number of carbonyl (C=O) groups is 2. The van der Waals surface area contributed by atoms with Crippen LogP contribution in [0.3, 0.4) is 0 Å². The zero-order valence-electron chi connectivity index (χ0n) is 9.92. The number of nitrogens with zero attached hydrogens (tertiary/aromatic N) is 3. The summed E-state index contributed by atoms with van der Waals surface area (Å²) in [4.78, 5) is 22.5. The summed E-state index contributed by atoms with van der Waals surface area (Å²) in [7, 11) is 0. The molecule has 0 atom stereocenters. The number of aromatic amines is 1. The Labute approximate surface area is 117 Å². The standard InChI is InChI=1S/C10H9ClN6O3/c11-7-2-1-5(3-6(7)9(18)19)13-10(20)12-4-8-14-16-17-15-8/h1-3H,4H2,(H,18,19)(H2,12,13,20)(H,14,15,16,17). The zero-order chi connectivity index (χ0) is 14.5. The maximum absolute atomic E-state index is 11.6. The van der Waals surface area contributed by atoms with Gasteiger partial charge < -0.3 is 15.7 Å². The molecule has 0 spiro atoms. The van der Waals surface area contributed by atoms with Crippen molar-refractivity contribution in [3.8, 4) is 0 Å². The highest BCUT2D eigenvalue weighted by Gasteiger charge is 2.11. The molecule has 0 saturated heterocycles. The Hall–Kier alpha value is -2.68. The number of urea groups is 1. The van der Waals surface area contributed by atoms with Crippen LogP contribution in [-0.4, -0.2) is 37.7 Å². The van der Waals surface area contributed by atoms with Crippen LogP contribution in [0.5, 0.6) is 0 Å². The molecule has 0 bridgehead atoms. The summed E-state index contributed by atoms with van der Waals surface area (Å²) >= 11 is 5.72. The minimum atomic E-state index is -1.18. The molecule has 2 amide bonds. The van der Waals surface area contributed by atoms with E-state index < -0.39 is 12.0 Å². The number of nitrogens with one attached hydrogen (secondary N) is 3. The number of aromatic carboxylic acids is 1. The van der Waals surface area contributed by atoms with Gasteiger partial charge in [-0.05, 0) is 18.2 Å². The van der Waals surface area contributed by atoms with Gasteiger partial charge in [-0.1, -0.05) is 16.8 Å². The van der Waals surface area contributed by atoms with Gasteiger partial charge in [0.2, 0.25) is 0 Å². The van der Waals surface area contributed by atoms with Gasteiger partial charge in [0.1, 0.15) is 0 Å². The predicted octanol–water partition coefficient (Wildman–Crippen LogP) is 0.873. The van der Waals surface area contributed by atoms with Gasteiger partial charge in [0, 0.05) is 5.69 Å². The fraction of sp³-hybridized carbons (Fsp3) is 0.100. The summed E-state index contributed by atoms with van der Waals surface area (Å²) in [6.07, 6.45) is 0. The van der Waals surface area contributed by atoms with E-state index in [2.05, 4.69) is 31.3 Å². The molecule has 0 aliphatic carbocycles. The maximum Gasteiger partial charge on any atom is 0.337 e. The van der Waals surface area contributed by atoms with Crippen LogP contribution in [0, 0.1) is 0 Å². The number of rotatable bonds is 4. The third-order valence-corrected chi connectivity index (χ3v) is 2.58. The quantitative estimate of drug-likeness (QED) is 0.661. The van der Waals surface area contributed by atoms with Crippen molar-refractivity contribution in [3.05, 3.63) is 34.6 Å². The van der Waals surface area contributed by atoms with Gasteiger partial charge in [0.25, 0.3) is 0 Å². The molecule has 0 saturated carbocycles. The van der Waals surface area contributed by atoms with E-state index in [1.165, 1.54) is 18.2 Å². The summed E-state index contributed by atoms with van der Waals surface area (Å²) in [6, 6.07) is 3.61. The summed E-state index contributed by atoms with van der Waals surface area (Å²) in [5, 5.41) is 26.9. The monoisotopic (exact) mass is 296 g/mol. The number of H-pyrrole nitrogens is 1. The molecule has 0 aliphatic rings. The second-order valence-electron chi connectivity index (χ2n) is 3.64. The molecule has 104 valence electrons. The van der Waals surface area contributed by atoms with Gasteiger partial charge in [-0.15, -0.1) is 10.2 Å². The summed E-state index contributed by atoms with van der Waals surface area (Å²) in [6.45, 7) is 0.0850. The van der Waals surface area contributed by atoms with Gasteiger partial charge in [-0.3, -0.25) is 0 Å². The first kappa shape index (κ1) is 13.7. The van der Waals surface area contributed by atoms with Gasteiger partial charge in [0.15, 0.2) is 5.82 Å². The van der Waals surface area contributed by atoms with E-state index in [9.17, 15) is 9.59 Å². The van der Waals surface area contributed by atoms with Crippen molar-refractivity contribution >= 4 is 29.3 Å². The third-order valence-electron chi connectivity index (χ3n) is 2.25. The van der Waals surface area contributed by atoms with Crippen LogP contribution in [0.1, 0.15) is 16.2 Å². The molecule has 0 fully saturated rings. The molecule has 20 heavy (non-hydrogen) atoms. The predicted molar refractivity (Wildman–Crippen MR) is 68.4 cm³/mol. The Morgan fingerprint density at radius 3 is 2.85 bits per heavy atom. The lowest BCUT2D eigenvalue weighted by atomic mass is 10.2. The second kappa shape index (κ2) is 5.97.